The summed E-state index contributed by atoms with van der Waals surface area (Å²) in [6, 6.07) is 14.1. The van der Waals surface area contributed by atoms with E-state index in [0.29, 0.717) is 38.3 Å². The van der Waals surface area contributed by atoms with Crippen molar-refractivity contribution in [2.24, 2.45) is 0 Å². The van der Waals surface area contributed by atoms with Gasteiger partial charge in [-0.05, 0) is 69.2 Å². The number of nitrogens with zero attached hydrogens (tertiary/aromatic N) is 3. The molecule has 0 atom stereocenters. The zero-order valence-electron chi connectivity index (χ0n) is 20.2. The molecule has 0 saturated carbocycles. The van der Waals surface area contributed by atoms with Gasteiger partial charge in [0.25, 0.3) is 5.91 Å². The molecule has 1 N–H and O–H groups in total. The zero-order chi connectivity index (χ0) is 24.4. The molecule has 0 radical (unpaired) electrons. The smallest absolute Gasteiger partial charge is 0.255 e. The summed E-state index contributed by atoms with van der Waals surface area (Å²) in [7, 11) is 0. The average molecular weight is 463 g/mol. The third-order valence-electron chi connectivity index (χ3n) is 6.52. The first kappa shape index (κ1) is 23.7. The molecule has 1 fully saturated rings. The topological polar surface area (TPSA) is 57.6 Å². The second-order valence-electron chi connectivity index (χ2n) is 8.98. The van der Waals surface area contributed by atoms with Crippen LogP contribution in [0.4, 0.5) is 10.1 Å². The van der Waals surface area contributed by atoms with Gasteiger partial charge in [0.15, 0.2) is 0 Å². The largest absolute Gasteiger partial charge is 0.336 e. The fourth-order valence-corrected chi connectivity index (χ4v) is 4.64. The second-order valence-corrected chi connectivity index (χ2v) is 8.98. The van der Waals surface area contributed by atoms with Gasteiger partial charge in [-0.2, -0.15) is 0 Å². The van der Waals surface area contributed by atoms with Crippen LogP contribution < -0.4 is 5.32 Å². The molecule has 0 aliphatic carbocycles. The van der Waals surface area contributed by atoms with E-state index >= 15 is 0 Å². The van der Waals surface area contributed by atoms with Gasteiger partial charge in [-0.15, -0.1) is 0 Å². The number of aryl methyl sites for hydroxylation is 3. The van der Waals surface area contributed by atoms with Gasteiger partial charge in [-0.25, -0.2) is 4.39 Å². The van der Waals surface area contributed by atoms with Crippen LogP contribution in [0.25, 0.3) is 5.69 Å². The van der Waals surface area contributed by atoms with E-state index in [2.05, 4.69) is 10.2 Å². The zero-order valence-corrected chi connectivity index (χ0v) is 20.2. The Morgan fingerprint density at radius 1 is 0.912 bits per heavy atom. The summed E-state index contributed by atoms with van der Waals surface area (Å²) in [5.74, 6) is -0.343. The van der Waals surface area contributed by atoms with Crippen LogP contribution in [0.2, 0.25) is 0 Å². The number of nitrogens with one attached hydrogen (secondary N) is 1. The Labute approximate surface area is 200 Å². The van der Waals surface area contributed by atoms with E-state index in [1.165, 1.54) is 12.1 Å². The van der Waals surface area contributed by atoms with Gasteiger partial charge in [0.2, 0.25) is 5.91 Å². The number of piperazine rings is 1. The van der Waals surface area contributed by atoms with Crippen molar-refractivity contribution in [2.75, 3.05) is 38.0 Å². The predicted molar refractivity (Wildman–Crippen MR) is 132 cm³/mol. The fourth-order valence-electron chi connectivity index (χ4n) is 4.64. The number of benzene rings is 2. The molecule has 2 aromatic carbocycles. The molecule has 2 heterocycles. The normalized spacial score (nSPS) is 14.3. The lowest BCUT2D eigenvalue weighted by Gasteiger charge is -2.34. The third-order valence-corrected chi connectivity index (χ3v) is 6.52. The maximum absolute atomic E-state index is 13.3. The fraction of sp³-hybridized carbons (Fsp3) is 0.333. The highest BCUT2D eigenvalue weighted by Gasteiger charge is 2.26. The van der Waals surface area contributed by atoms with Gasteiger partial charge in [0.1, 0.15) is 5.82 Å². The molecule has 0 unspecified atom stereocenters. The molecule has 34 heavy (non-hydrogen) atoms. The summed E-state index contributed by atoms with van der Waals surface area (Å²) in [5, 5.41) is 3.03. The number of amides is 2. The number of hydrogen-bond acceptors (Lipinski definition) is 3. The molecule has 7 heteroatoms. The lowest BCUT2D eigenvalue weighted by atomic mass is 10.1. The van der Waals surface area contributed by atoms with E-state index in [1.54, 1.807) is 12.1 Å². The Kier molecular flexibility index (Phi) is 6.84. The summed E-state index contributed by atoms with van der Waals surface area (Å²) >= 11 is 0. The molecular weight excluding hydrogens is 431 g/mol. The van der Waals surface area contributed by atoms with E-state index in [1.807, 2.05) is 61.4 Å². The SMILES string of the molecule is Cc1cccc(C)c1NC(=O)CN1CCN(C(=O)c2cc(C)n(-c3ccc(F)cc3)c2C)CC1. The molecule has 0 spiro atoms. The van der Waals surface area contributed by atoms with E-state index in [-0.39, 0.29) is 17.6 Å². The van der Waals surface area contributed by atoms with Crippen molar-refractivity contribution in [3.63, 3.8) is 0 Å². The molecule has 3 aromatic rings. The Morgan fingerprint density at radius 2 is 1.53 bits per heavy atom. The van der Waals surface area contributed by atoms with Crippen LogP contribution in [0.15, 0.2) is 48.5 Å². The standard InChI is InChI=1S/C27H31FN4O2/c1-18-6-5-7-19(2)26(18)29-25(33)17-30-12-14-31(15-13-30)27(34)24-16-20(3)32(21(24)4)23-10-8-22(28)9-11-23/h5-11,16H,12-15,17H2,1-4H3,(H,29,33). The molecule has 1 aliphatic rings. The monoisotopic (exact) mass is 462 g/mol. The molecule has 1 saturated heterocycles. The van der Waals surface area contributed by atoms with Crippen LogP contribution >= 0.6 is 0 Å². The van der Waals surface area contributed by atoms with Crippen molar-refractivity contribution in [3.8, 4) is 5.69 Å². The van der Waals surface area contributed by atoms with Crippen molar-refractivity contribution in [1.82, 2.24) is 14.4 Å². The van der Waals surface area contributed by atoms with Crippen LogP contribution in [0.3, 0.4) is 0 Å². The summed E-state index contributed by atoms with van der Waals surface area (Å²) in [6.07, 6.45) is 0. The first-order chi connectivity index (χ1) is 16.2. The van der Waals surface area contributed by atoms with Crippen molar-refractivity contribution in [1.29, 1.82) is 0 Å². The van der Waals surface area contributed by atoms with Gasteiger partial charge >= 0.3 is 0 Å². The molecule has 1 aromatic heterocycles. The van der Waals surface area contributed by atoms with Crippen molar-refractivity contribution in [2.45, 2.75) is 27.7 Å². The molecule has 4 rings (SSSR count). The predicted octanol–water partition coefficient (Wildman–Crippen LogP) is 4.25. The third kappa shape index (κ3) is 4.89. The highest BCUT2D eigenvalue weighted by atomic mass is 19.1. The van der Waals surface area contributed by atoms with Crippen LogP contribution in [0.1, 0.15) is 32.9 Å². The van der Waals surface area contributed by atoms with Crippen molar-refractivity contribution in [3.05, 3.63) is 82.4 Å². The van der Waals surface area contributed by atoms with E-state index < -0.39 is 0 Å². The highest BCUT2D eigenvalue weighted by Crippen LogP contribution is 2.23. The number of halogens is 1. The van der Waals surface area contributed by atoms with Crippen LogP contribution in [0, 0.1) is 33.5 Å². The minimum Gasteiger partial charge on any atom is -0.336 e. The highest BCUT2D eigenvalue weighted by molar-refractivity contribution is 5.96. The number of hydrogen-bond donors (Lipinski definition) is 1. The van der Waals surface area contributed by atoms with E-state index in [9.17, 15) is 14.0 Å². The maximum atomic E-state index is 13.3. The number of anilines is 1. The molecule has 1 aliphatic heterocycles. The first-order valence-corrected chi connectivity index (χ1v) is 11.6. The molecular formula is C27H31FN4O2. The Morgan fingerprint density at radius 3 is 2.15 bits per heavy atom. The molecule has 2 amide bonds. The number of carbonyl (C=O) groups is 2. The summed E-state index contributed by atoms with van der Waals surface area (Å²) < 4.78 is 15.3. The van der Waals surface area contributed by atoms with Crippen LogP contribution in [-0.2, 0) is 4.79 Å². The Balaban J connectivity index is 1.37. The van der Waals surface area contributed by atoms with Gasteiger partial charge < -0.3 is 14.8 Å². The first-order valence-electron chi connectivity index (χ1n) is 11.6. The number of aromatic nitrogens is 1. The summed E-state index contributed by atoms with van der Waals surface area (Å²) in [6.45, 7) is 10.5. The molecule has 0 bridgehead atoms. The van der Waals surface area contributed by atoms with E-state index in [0.717, 1.165) is 33.9 Å². The van der Waals surface area contributed by atoms with Gasteiger partial charge in [-0.1, -0.05) is 18.2 Å². The van der Waals surface area contributed by atoms with Crippen molar-refractivity contribution < 1.29 is 14.0 Å². The summed E-state index contributed by atoms with van der Waals surface area (Å²) in [5.41, 5.74) is 6.21. The van der Waals surface area contributed by atoms with Gasteiger partial charge in [0, 0.05) is 48.9 Å². The second kappa shape index (κ2) is 9.81. The molecule has 6 nitrogen and oxygen atoms in total. The lowest BCUT2D eigenvalue weighted by Crippen LogP contribution is -2.50. The average Bonchev–Trinajstić information content (AvgIpc) is 3.11. The Bertz CT molecular complexity index is 1190. The number of rotatable bonds is 5. The van der Waals surface area contributed by atoms with Crippen molar-refractivity contribution >= 4 is 17.5 Å². The number of para-hydroxylation sites is 1. The van der Waals surface area contributed by atoms with Gasteiger partial charge in [-0.3, -0.25) is 14.5 Å². The van der Waals surface area contributed by atoms with Crippen LogP contribution in [0.5, 0.6) is 0 Å². The molecule has 178 valence electrons. The maximum Gasteiger partial charge on any atom is 0.255 e. The Hall–Kier alpha value is -3.45. The minimum absolute atomic E-state index is 0.0129. The van der Waals surface area contributed by atoms with Crippen LogP contribution in [-0.4, -0.2) is 58.9 Å². The summed E-state index contributed by atoms with van der Waals surface area (Å²) in [4.78, 5) is 29.8. The number of carbonyl (C=O) groups excluding carboxylic acids is 2. The van der Waals surface area contributed by atoms with E-state index in [4.69, 9.17) is 0 Å². The van der Waals surface area contributed by atoms with Gasteiger partial charge in [0.05, 0.1) is 12.1 Å². The lowest BCUT2D eigenvalue weighted by molar-refractivity contribution is -0.117. The quantitative estimate of drug-likeness (QED) is 0.617. The minimum atomic E-state index is -0.289.